The van der Waals surface area contributed by atoms with E-state index in [1.54, 1.807) is 36.3 Å². The normalized spacial score (nSPS) is 10.5. The van der Waals surface area contributed by atoms with E-state index in [0.717, 1.165) is 17.0 Å². The lowest BCUT2D eigenvalue weighted by Gasteiger charge is -2.08. The molecule has 0 aliphatic heterocycles. The number of carbonyl (C=O) groups excluding carboxylic acids is 1. The minimum Gasteiger partial charge on any atom is -0.365 e. The van der Waals surface area contributed by atoms with Crippen LogP contribution in [0.1, 0.15) is 27.3 Å². The van der Waals surface area contributed by atoms with E-state index in [1.807, 2.05) is 32.0 Å². The fourth-order valence-corrected chi connectivity index (χ4v) is 2.51. The quantitative estimate of drug-likeness (QED) is 0.746. The van der Waals surface area contributed by atoms with Gasteiger partial charge in [-0.1, -0.05) is 12.1 Å². The summed E-state index contributed by atoms with van der Waals surface area (Å²) in [7, 11) is 1.62. The lowest BCUT2D eigenvalue weighted by Crippen LogP contribution is -2.17. The number of rotatable bonds is 5. The van der Waals surface area contributed by atoms with Crippen molar-refractivity contribution in [2.75, 3.05) is 12.4 Å². The van der Waals surface area contributed by atoms with Gasteiger partial charge in [-0.05, 0) is 37.6 Å². The van der Waals surface area contributed by atoms with Crippen LogP contribution in [0.5, 0.6) is 0 Å². The third-order valence-corrected chi connectivity index (χ3v) is 3.77. The Hall–Kier alpha value is -3.22. The van der Waals surface area contributed by atoms with Crippen LogP contribution in [-0.4, -0.2) is 32.7 Å². The summed E-state index contributed by atoms with van der Waals surface area (Å²) in [6, 6.07) is 9.42. The molecule has 128 valence electrons. The molecule has 0 radical (unpaired) electrons. The van der Waals surface area contributed by atoms with Gasteiger partial charge in [0.25, 0.3) is 5.91 Å². The van der Waals surface area contributed by atoms with Crippen molar-refractivity contribution in [1.82, 2.24) is 25.1 Å². The van der Waals surface area contributed by atoms with Crippen LogP contribution in [-0.2, 0) is 6.54 Å². The molecule has 7 heteroatoms. The van der Waals surface area contributed by atoms with Crippen molar-refractivity contribution < 1.29 is 4.79 Å². The average molecular weight is 336 g/mol. The Labute approximate surface area is 146 Å². The monoisotopic (exact) mass is 336 g/mol. The Balaban J connectivity index is 1.70. The molecule has 0 fully saturated rings. The molecule has 0 unspecified atom stereocenters. The maximum Gasteiger partial charge on any atom is 0.251 e. The molecule has 0 atom stereocenters. The number of anilines is 1. The number of hydrogen-bond donors (Lipinski definition) is 2. The lowest BCUT2D eigenvalue weighted by atomic mass is 10.1. The van der Waals surface area contributed by atoms with E-state index < -0.39 is 0 Å². The third-order valence-electron chi connectivity index (χ3n) is 3.77. The molecule has 2 heterocycles. The maximum absolute atomic E-state index is 11.6. The van der Waals surface area contributed by atoms with Crippen LogP contribution in [0.3, 0.4) is 0 Å². The van der Waals surface area contributed by atoms with E-state index in [-0.39, 0.29) is 5.91 Å². The molecular weight excluding hydrogens is 316 g/mol. The van der Waals surface area contributed by atoms with Gasteiger partial charge in [-0.25, -0.2) is 9.67 Å². The highest BCUT2D eigenvalue weighted by Gasteiger charge is 2.07. The van der Waals surface area contributed by atoms with Gasteiger partial charge < -0.3 is 10.6 Å². The number of aromatic nitrogens is 4. The van der Waals surface area contributed by atoms with Crippen molar-refractivity contribution >= 4 is 11.7 Å². The Morgan fingerprint density at radius 3 is 2.56 bits per heavy atom. The topological polar surface area (TPSA) is 84.7 Å². The smallest absolute Gasteiger partial charge is 0.251 e. The number of aryl methyl sites for hydroxylation is 2. The molecule has 0 spiro atoms. The molecule has 0 saturated heterocycles. The van der Waals surface area contributed by atoms with Crippen LogP contribution in [0.25, 0.3) is 5.82 Å². The molecule has 1 aromatic carbocycles. The predicted molar refractivity (Wildman–Crippen MR) is 95.8 cm³/mol. The second-order valence-corrected chi connectivity index (χ2v) is 5.73. The molecule has 0 saturated carbocycles. The van der Waals surface area contributed by atoms with Crippen LogP contribution >= 0.6 is 0 Å². The first-order chi connectivity index (χ1) is 12.1. The highest BCUT2D eigenvalue weighted by Crippen LogP contribution is 2.12. The fraction of sp³-hybridized carbons (Fsp3) is 0.222. The van der Waals surface area contributed by atoms with Gasteiger partial charge in [-0.15, -0.1) is 0 Å². The van der Waals surface area contributed by atoms with Crippen LogP contribution in [0.2, 0.25) is 0 Å². The van der Waals surface area contributed by atoms with E-state index >= 15 is 0 Å². The number of nitrogens with zero attached hydrogens (tertiary/aromatic N) is 4. The molecule has 3 rings (SSSR count). The van der Waals surface area contributed by atoms with E-state index in [0.29, 0.717) is 23.7 Å². The molecule has 7 nitrogen and oxygen atoms in total. The second kappa shape index (κ2) is 7.12. The number of amides is 1. The Bertz CT molecular complexity index is 885. The first-order valence-corrected chi connectivity index (χ1v) is 7.97. The molecular formula is C18H20N6O. The summed E-state index contributed by atoms with van der Waals surface area (Å²) in [4.78, 5) is 20.3. The zero-order valence-electron chi connectivity index (χ0n) is 14.4. The molecule has 0 aliphatic carbocycles. The SMILES string of the molecule is CNC(=O)c1ccc(CNc2cncc(-n3nc(C)cc3C)n2)cc1. The van der Waals surface area contributed by atoms with Crippen molar-refractivity contribution in [2.45, 2.75) is 20.4 Å². The lowest BCUT2D eigenvalue weighted by molar-refractivity contribution is 0.0963. The molecule has 1 amide bonds. The van der Waals surface area contributed by atoms with Gasteiger partial charge in [0.1, 0.15) is 5.82 Å². The number of benzene rings is 1. The summed E-state index contributed by atoms with van der Waals surface area (Å²) in [5.74, 6) is 1.24. The molecule has 2 aromatic heterocycles. The maximum atomic E-state index is 11.6. The third kappa shape index (κ3) is 3.82. The zero-order valence-corrected chi connectivity index (χ0v) is 14.4. The summed E-state index contributed by atoms with van der Waals surface area (Å²) in [6.07, 6.45) is 3.36. The van der Waals surface area contributed by atoms with Gasteiger partial charge in [-0.2, -0.15) is 5.10 Å². The summed E-state index contributed by atoms with van der Waals surface area (Å²) in [5, 5.41) is 10.3. The van der Waals surface area contributed by atoms with Crippen LogP contribution in [0.15, 0.2) is 42.7 Å². The predicted octanol–water partition coefficient (Wildman–Crippen LogP) is 2.25. The average Bonchev–Trinajstić information content (AvgIpc) is 2.98. The zero-order chi connectivity index (χ0) is 17.8. The molecule has 3 aromatic rings. The van der Waals surface area contributed by atoms with E-state index in [1.165, 1.54) is 0 Å². The van der Waals surface area contributed by atoms with Crippen molar-refractivity contribution in [1.29, 1.82) is 0 Å². The van der Waals surface area contributed by atoms with Gasteiger partial charge in [0.2, 0.25) is 0 Å². The first kappa shape index (κ1) is 16.6. The first-order valence-electron chi connectivity index (χ1n) is 7.97. The second-order valence-electron chi connectivity index (χ2n) is 5.73. The standard InChI is InChI=1S/C18H20N6O/c1-12-8-13(2)24(23-12)17-11-20-10-16(22-17)21-9-14-4-6-15(7-5-14)18(25)19-3/h4-8,10-11H,9H2,1-3H3,(H,19,25)(H,21,22). The number of nitrogens with one attached hydrogen (secondary N) is 2. The van der Waals surface area contributed by atoms with Gasteiger partial charge in [0, 0.05) is 24.8 Å². The largest absolute Gasteiger partial charge is 0.365 e. The minimum atomic E-state index is -0.0945. The summed E-state index contributed by atoms with van der Waals surface area (Å²) in [5.41, 5.74) is 3.63. The van der Waals surface area contributed by atoms with Crippen molar-refractivity contribution in [3.8, 4) is 5.82 Å². The number of hydrogen-bond acceptors (Lipinski definition) is 5. The van der Waals surface area contributed by atoms with Crippen LogP contribution in [0, 0.1) is 13.8 Å². The molecule has 0 aliphatic rings. The van der Waals surface area contributed by atoms with E-state index in [9.17, 15) is 4.79 Å². The highest BCUT2D eigenvalue weighted by atomic mass is 16.1. The Morgan fingerprint density at radius 1 is 1.16 bits per heavy atom. The Morgan fingerprint density at radius 2 is 1.92 bits per heavy atom. The van der Waals surface area contributed by atoms with E-state index in [4.69, 9.17) is 0 Å². The van der Waals surface area contributed by atoms with Crippen molar-refractivity contribution in [2.24, 2.45) is 0 Å². The van der Waals surface area contributed by atoms with Crippen molar-refractivity contribution in [3.05, 3.63) is 65.2 Å². The van der Waals surface area contributed by atoms with Crippen LogP contribution < -0.4 is 10.6 Å². The van der Waals surface area contributed by atoms with Gasteiger partial charge in [0.05, 0.1) is 18.1 Å². The fourth-order valence-electron chi connectivity index (χ4n) is 2.51. The van der Waals surface area contributed by atoms with Crippen molar-refractivity contribution in [3.63, 3.8) is 0 Å². The Kier molecular flexibility index (Phi) is 4.74. The van der Waals surface area contributed by atoms with Gasteiger partial charge in [0.15, 0.2) is 5.82 Å². The molecule has 2 N–H and O–H groups in total. The number of carbonyl (C=O) groups is 1. The molecule has 0 bridgehead atoms. The summed E-state index contributed by atoms with van der Waals surface area (Å²) in [6.45, 7) is 4.51. The van der Waals surface area contributed by atoms with Gasteiger partial charge >= 0.3 is 0 Å². The minimum absolute atomic E-state index is 0.0945. The molecule has 25 heavy (non-hydrogen) atoms. The van der Waals surface area contributed by atoms with E-state index in [2.05, 4.69) is 25.7 Å². The van der Waals surface area contributed by atoms with Crippen LogP contribution in [0.4, 0.5) is 5.82 Å². The summed E-state index contributed by atoms with van der Waals surface area (Å²) >= 11 is 0. The van der Waals surface area contributed by atoms with Gasteiger partial charge in [-0.3, -0.25) is 9.78 Å². The summed E-state index contributed by atoms with van der Waals surface area (Å²) < 4.78 is 1.77. The highest BCUT2D eigenvalue weighted by molar-refractivity contribution is 5.93.